The van der Waals surface area contributed by atoms with Crippen LogP contribution in [0.5, 0.6) is 0 Å². The van der Waals surface area contributed by atoms with Crippen LogP contribution in [0, 0.1) is 6.92 Å². The molecule has 126 valence electrons. The van der Waals surface area contributed by atoms with E-state index >= 15 is 0 Å². The highest BCUT2D eigenvalue weighted by Crippen LogP contribution is 2.19. The first-order valence-corrected chi connectivity index (χ1v) is 8.83. The first-order valence-electron chi connectivity index (χ1n) is 8.46. The van der Waals surface area contributed by atoms with Crippen LogP contribution < -0.4 is 4.90 Å². The molecule has 0 aliphatic carbocycles. The molecular formula is C20H23ClN2O. The zero-order valence-electron chi connectivity index (χ0n) is 14.0. The lowest BCUT2D eigenvalue weighted by Crippen LogP contribution is -2.48. The van der Waals surface area contributed by atoms with Gasteiger partial charge in [-0.1, -0.05) is 41.4 Å². The fraction of sp³-hybridized carbons (Fsp3) is 0.350. The number of hydrogen-bond acceptors (Lipinski definition) is 2. The maximum Gasteiger partial charge on any atom is 0.223 e. The molecule has 1 saturated heterocycles. The summed E-state index contributed by atoms with van der Waals surface area (Å²) in [6.07, 6.45) is 1.41. The summed E-state index contributed by atoms with van der Waals surface area (Å²) < 4.78 is 0. The normalized spacial score (nSPS) is 14.8. The fourth-order valence-corrected chi connectivity index (χ4v) is 3.27. The van der Waals surface area contributed by atoms with Crippen molar-refractivity contribution in [3.8, 4) is 0 Å². The highest BCUT2D eigenvalue weighted by molar-refractivity contribution is 6.30. The molecule has 0 spiro atoms. The maximum atomic E-state index is 12.4. The van der Waals surface area contributed by atoms with Crippen LogP contribution in [0.3, 0.4) is 0 Å². The molecule has 1 amide bonds. The molecule has 1 heterocycles. The average Bonchev–Trinajstić information content (AvgIpc) is 2.61. The van der Waals surface area contributed by atoms with Crippen LogP contribution in [0.1, 0.15) is 17.5 Å². The van der Waals surface area contributed by atoms with Crippen LogP contribution >= 0.6 is 11.6 Å². The molecule has 24 heavy (non-hydrogen) atoms. The molecule has 0 bridgehead atoms. The van der Waals surface area contributed by atoms with E-state index in [2.05, 4.69) is 36.1 Å². The lowest BCUT2D eigenvalue weighted by atomic mass is 10.1. The van der Waals surface area contributed by atoms with Crippen molar-refractivity contribution in [1.29, 1.82) is 0 Å². The van der Waals surface area contributed by atoms with Gasteiger partial charge in [-0.3, -0.25) is 4.79 Å². The Bertz CT molecular complexity index is 691. The lowest BCUT2D eigenvalue weighted by molar-refractivity contribution is -0.131. The molecular weight excluding hydrogens is 320 g/mol. The van der Waals surface area contributed by atoms with Gasteiger partial charge in [0.05, 0.1) is 0 Å². The number of rotatable bonds is 4. The van der Waals surface area contributed by atoms with E-state index in [4.69, 9.17) is 11.6 Å². The van der Waals surface area contributed by atoms with Gasteiger partial charge in [0.25, 0.3) is 0 Å². The first-order chi connectivity index (χ1) is 11.6. The molecule has 1 aliphatic heterocycles. The van der Waals surface area contributed by atoms with E-state index < -0.39 is 0 Å². The zero-order valence-corrected chi connectivity index (χ0v) is 14.8. The molecule has 0 unspecified atom stereocenters. The topological polar surface area (TPSA) is 23.6 Å². The Kier molecular flexibility index (Phi) is 5.41. The van der Waals surface area contributed by atoms with Crippen LogP contribution in [0.2, 0.25) is 5.02 Å². The van der Waals surface area contributed by atoms with E-state index in [1.54, 1.807) is 0 Å². The number of anilines is 1. The monoisotopic (exact) mass is 342 g/mol. The van der Waals surface area contributed by atoms with Gasteiger partial charge < -0.3 is 9.80 Å². The molecule has 2 aromatic carbocycles. The molecule has 4 heteroatoms. The molecule has 0 saturated carbocycles. The van der Waals surface area contributed by atoms with E-state index in [9.17, 15) is 4.79 Å². The predicted octanol–water partition coefficient (Wildman–Crippen LogP) is 3.93. The molecule has 0 aromatic heterocycles. The summed E-state index contributed by atoms with van der Waals surface area (Å²) in [7, 11) is 0. The van der Waals surface area contributed by atoms with Crippen LogP contribution in [-0.2, 0) is 11.2 Å². The van der Waals surface area contributed by atoms with Crippen molar-refractivity contribution in [2.24, 2.45) is 0 Å². The van der Waals surface area contributed by atoms with E-state index in [0.717, 1.165) is 37.6 Å². The van der Waals surface area contributed by atoms with Crippen molar-refractivity contribution < 1.29 is 4.79 Å². The molecule has 3 rings (SSSR count). The number of hydrogen-bond donors (Lipinski definition) is 0. The molecule has 0 N–H and O–H groups in total. The van der Waals surface area contributed by atoms with E-state index in [1.807, 2.05) is 29.2 Å². The summed E-state index contributed by atoms with van der Waals surface area (Å²) in [6, 6.07) is 16.3. The van der Waals surface area contributed by atoms with Gasteiger partial charge in [0.1, 0.15) is 0 Å². The minimum Gasteiger partial charge on any atom is -0.368 e. The van der Waals surface area contributed by atoms with Gasteiger partial charge in [-0.25, -0.2) is 0 Å². The summed E-state index contributed by atoms with van der Waals surface area (Å²) in [5.41, 5.74) is 3.66. The third kappa shape index (κ3) is 4.30. The van der Waals surface area contributed by atoms with E-state index in [-0.39, 0.29) is 5.91 Å². The Morgan fingerprint density at radius 3 is 2.42 bits per heavy atom. The molecule has 3 nitrogen and oxygen atoms in total. The summed E-state index contributed by atoms with van der Waals surface area (Å²) in [6.45, 7) is 5.40. The predicted molar refractivity (Wildman–Crippen MR) is 99.7 cm³/mol. The summed E-state index contributed by atoms with van der Waals surface area (Å²) in [5, 5.41) is 0.753. The fourth-order valence-electron chi connectivity index (χ4n) is 3.14. The Morgan fingerprint density at radius 2 is 1.75 bits per heavy atom. The Morgan fingerprint density at radius 1 is 1.04 bits per heavy atom. The van der Waals surface area contributed by atoms with Gasteiger partial charge in [-0.05, 0) is 43.2 Å². The molecule has 1 aliphatic rings. The van der Waals surface area contributed by atoms with Crippen molar-refractivity contribution in [3.05, 3.63) is 64.7 Å². The molecule has 0 atom stereocenters. The minimum absolute atomic E-state index is 0.257. The highest BCUT2D eigenvalue weighted by atomic mass is 35.5. The van der Waals surface area contributed by atoms with Gasteiger partial charge in [0, 0.05) is 43.3 Å². The number of aryl methyl sites for hydroxylation is 2. The third-order valence-corrected chi connectivity index (χ3v) is 4.79. The second-order valence-corrected chi connectivity index (χ2v) is 6.77. The van der Waals surface area contributed by atoms with E-state index in [1.165, 1.54) is 16.8 Å². The highest BCUT2D eigenvalue weighted by Gasteiger charge is 2.21. The summed E-state index contributed by atoms with van der Waals surface area (Å²) in [4.78, 5) is 16.7. The number of piperazine rings is 1. The molecule has 2 aromatic rings. The van der Waals surface area contributed by atoms with Crippen molar-refractivity contribution in [3.63, 3.8) is 0 Å². The number of carbonyl (C=O) groups is 1. The maximum absolute atomic E-state index is 12.4. The van der Waals surface area contributed by atoms with E-state index in [0.29, 0.717) is 6.42 Å². The second kappa shape index (κ2) is 7.71. The van der Waals surface area contributed by atoms with Crippen LogP contribution in [0.25, 0.3) is 0 Å². The summed E-state index contributed by atoms with van der Waals surface area (Å²) >= 11 is 5.94. The van der Waals surface area contributed by atoms with Gasteiger partial charge in [-0.2, -0.15) is 0 Å². The molecule has 1 fully saturated rings. The zero-order chi connectivity index (χ0) is 16.9. The van der Waals surface area contributed by atoms with Gasteiger partial charge in [-0.15, -0.1) is 0 Å². The third-order valence-electron chi connectivity index (χ3n) is 4.53. The SMILES string of the molecule is Cc1cccc(CCC(=O)N2CCN(c3ccc(Cl)cc3)CC2)c1. The van der Waals surface area contributed by atoms with Crippen molar-refractivity contribution in [1.82, 2.24) is 4.90 Å². The standard InChI is InChI=1S/C20H23ClN2O/c1-16-3-2-4-17(15-16)5-10-20(24)23-13-11-22(12-14-23)19-8-6-18(21)7-9-19/h2-4,6-9,15H,5,10-14H2,1H3. The Hall–Kier alpha value is -2.00. The minimum atomic E-state index is 0.257. The van der Waals surface area contributed by atoms with Crippen molar-refractivity contribution in [2.45, 2.75) is 19.8 Å². The first kappa shape index (κ1) is 16.8. The Labute approximate surface area is 148 Å². The van der Waals surface area contributed by atoms with Crippen molar-refractivity contribution in [2.75, 3.05) is 31.1 Å². The Balaban J connectivity index is 1.49. The van der Waals surface area contributed by atoms with Crippen LogP contribution in [0.15, 0.2) is 48.5 Å². The number of nitrogens with zero attached hydrogens (tertiary/aromatic N) is 2. The average molecular weight is 343 g/mol. The van der Waals surface area contributed by atoms with Crippen molar-refractivity contribution >= 4 is 23.2 Å². The lowest BCUT2D eigenvalue weighted by Gasteiger charge is -2.36. The van der Waals surface area contributed by atoms with Crippen LogP contribution in [0.4, 0.5) is 5.69 Å². The second-order valence-electron chi connectivity index (χ2n) is 6.33. The summed E-state index contributed by atoms with van der Waals surface area (Å²) in [5.74, 6) is 0.257. The molecule has 0 radical (unpaired) electrons. The number of halogens is 1. The van der Waals surface area contributed by atoms with Gasteiger partial charge in [0.2, 0.25) is 5.91 Å². The largest absolute Gasteiger partial charge is 0.368 e. The quantitative estimate of drug-likeness (QED) is 0.840. The number of carbonyl (C=O) groups excluding carboxylic acids is 1. The number of benzene rings is 2. The number of amides is 1. The van der Waals surface area contributed by atoms with Gasteiger partial charge in [0.15, 0.2) is 0 Å². The smallest absolute Gasteiger partial charge is 0.223 e. The van der Waals surface area contributed by atoms with Gasteiger partial charge >= 0.3 is 0 Å². The van der Waals surface area contributed by atoms with Crippen LogP contribution in [-0.4, -0.2) is 37.0 Å².